The molecule has 0 aromatic rings. The zero-order valence-electron chi connectivity index (χ0n) is 60.3. The number of aliphatic imine (C=N–C) groups is 8. The van der Waals surface area contributed by atoms with E-state index in [9.17, 15) is 57.5 Å². The van der Waals surface area contributed by atoms with Gasteiger partial charge in [0.1, 0.15) is 54.4 Å². The SMILES string of the molecule is C[C@H](N)C(=O)NCC(=O)N[C@@H](CCCN=C(N)N)C(=O)N[C@@H](CCCN=C(N)N)C(=O)N[C@@H](CCCN=C(N)N)C(=O)N[C@@H](CCCN=C(N)N)C(=O)N[C@@H](CCCN=C(N)N)C(=O)N[C@@H](CCC(N)=O)C(=O)N[C@@H](CCCN=C(N)N)C(=O)N[C@@H](CCCN=C(N)N)C(=O)N[C@@H](CCCN=C(N)N)C(N)=O. The minimum atomic E-state index is -1.74. The molecule has 0 radical (unpaired) electrons. The summed E-state index contributed by atoms with van der Waals surface area (Å²) >= 11 is 0. The van der Waals surface area contributed by atoms with Crippen molar-refractivity contribution < 1.29 is 57.5 Å². The molecule has 0 saturated carbocycles. The van der Waals surface area contributed by atoms with E-state index in [4.69, 9.17) is 109 Å². The van der Waals surface area contributed by atoms with Gasteiger partial charge in [0.05, 0.1) is 12.6 Å². The highest BCUT2D eigenvalue weighted by Gasteiger charge is 2.36. The van der Waals surface area contributed by atoms with Crippen molar-refractivity contribution in [3.05, 3.63) is 0 Å². The lowest BCUT2D eigenvalue weighted by atomic mass is 10.0. The summed E-state index contributed by atoms with van der Waals surface area (Å²) < 4.78 is 0. The van der Waals surface area contributed by atoms with E-state index in [0.717, 1.165) is 0 Å². The Kier molecular flexibility index (Phi) is 47.4. The monoisotopic (exact) mass is 1520 g/mol. The molecule has 0 aromatic heterocycles. The van der Waals surface area contributed by atoms with Crippen LogP contribution < -0.4 is 162 Å². The first-order valence-electron chi connectivity index (χ1n) is 34.1. The average Bonchev–Trinajstić information content (AvgIpc) is 0.860. The van der Waals surface area contributed by atoms with Gasteiger partial charge in [-0.15, -0.1) is 0 Å². The lowest BCUT2D eigenvalue weighted by Crippen LogP contribution is -2.60. The second-order valence-electron chi connectivity index (χ2n) is 24.1. The summed E-state index contributed by atoms with van der Waals surface area (Å²) in [5.74, 6) is -13.8. The lowest BCUT2D eigenvalue weighted by molar-refractivity contribution is -0.136. The number of hydrogen-bond acceptors (Lipinski definition) is 21. The van der Waals surface area contributed by atoms with Crippen molar-refractivity contribution in [2.75, 3.05) is 58.9 Å². The predicted molar refractivity (Wildman–Crippen MR) is 401 cm³/mol. The van der Waals surface area contributed by atoms with Gasteiger partial charge >= 0.3 is 0 Å². The third kappa shape index (κ3) is 46.9. The van der Waals surface area contributed by atoms with Gasteiger partial charge in [0, 0.05) is 58.8 Å². The smallest absolute Gasteiger partial charge is 0.243 e. The van der Waals surface area contributed by atoms with Crippen LogP contribution in [-0.4, -0.2) is 238 Å². The van der Waals surface area contributed by atoms with Gasteiger partial charge in [-0.3, -0.25) is 97.5 Å². The highest BCUT2D eigenvalue weighted by molar-refractivity contribution is 5.99. The molecule has 107 heavy (non-hydrogen) atoms. The van der Waals surface area contributed by atoms with Crippen LogP contribution in [0.4, 0.5) is 0 Å². The Morgan fingerprint density at radius 1 is 0.252 bits per heavy atom. The standard InChI is InChI=1S/C58H115N37O12/c1-29(59)42(99)86-28-40(97)87-31(11-3-21-79-52(64)65)43(100)89-33(13-5-23-81-54(68)69)45(102)91-34(14-6-24-82-55(70)71)46(103)92-35(15-7-25-83-56(72)73)47(104)93-37(17-9-27-85-58(76)77)49(106)95-38(18-19-39(60)96)50(107)94-36(16-8-26-84-57(74)75)48(105)90-32(12-4-22-80-53(66)67)44(101)88-30(41(61)98)10-2-20-78-51(62)63/h29-38H,2-28,59H2,1H3,(H2,60,96)(H2,61,98)(H,86,99)(H,87,97)(H,88,101)(H,89,100)(H,90,105)(H,91,102)(H,92,103)(H,93,104)(H,94,107)(H,95,106)(H4,62,63,78)(H4,64,65,79)(H4,66,67,80)(H4,68,69,81)(H4,70,71,82)(H4,72,73,83)(H4,74,75,84)(H4,76,77,85)/t29-,30-,31-,32-,33-,34-,35-,36-,37-,38-/m0/s1. The maximum absolute atomic E-state index is 14.8. The van der Waals surface area contributed by atoms with Crippen LogP contribution in [0.3, 0.4) is 0 Å². The highest BCUT2D eigenvalue weighted by atomic mass is 16.2. The van der Waals surface area contributed by atoms with Crippen molar-refractivity contribution in [1.82, 2.24) is 53.2 Å². The van der Waals surface area contributed by atoms with E-state index in [1.165, 1.54) is 6.92 Å². The molecule has 604 valence electrons. The molecule has 0 heterocycles. The first-order valence-corrected chi connectivity index (χ1v) is 34.1. The number of rotatable bonds is 56. The molecule has 10 atom stereocenters. The molecule has 0 aliphatic carbocycles. The Hall–Kier alpha value is -12.2. The van der Waals surface area contributed by atoms with Gasteiger partial charge in [0.25, 0.3) is 0 Å². The maximum atomic E-state index is 14.8. The molecule has 0 unspecified atom stereocenters. The summed E-state index contributed by atoms with van der Waals surface area (Å²) in [6, 6.07) is -14.8. The van der Waals surface area contributed by atoms with E-state index in [-0.39, 0.29) is 203 Å². The van der Waals surface area contributed by atoms with E-state index < -0.39 is 151 Å². The van der Waals surface area contributed by atoms with Gasteiger partial charge in [-0.1, -0.05) is 0 Å². The van der Waals surface area contributed by atoms with Crippen molar-refractivity contribution in [1.29, 1.82) is 0 Å². The van der Waals surface area contributed by atoms with Crippen LogP contribution in [0.25, 0.3) is 0 Å². The largest absolute Gasteiger partial charge is 0.370 e. The summed E-state index contributed by atoms with van der Waals surface area (Å²) in [5, 5.41) is 25.4. The van der Waals surface area contributed by atoms with Crippen molar-refractivity contribution in [2.45, 2.75) is 183 Å². The molecule has 0 aromatic carbocycles. The van der Waals surface area contributed by atoms with E-state index in [1.54, 1.807) is 0 Å². The predicted octanol–water partition coefficient (Wildman–Crippen LogP) is -15.0. The van der Waals surface area contributed by atoms with E-state index in [2.05, 4.69) is 93.1 Å². The number of nitrogens with two attached hydrogens (primary N) is 19. The number of carbonyl (C=O) groups is 12. The van der Waals surface area contributed by atoms with E-state index in [1.807, 2.05) is 0 Å². The molecule has 49 nitrogen and oxygen atoms in total. The fraction of sp³-hybridized carbons (Fsp3) is 0.655. The third-order valence-electron chi connectivity index (χ3n) is 14.8. The Balaban J connectivity index is 7.86. The van der Waals surface area contributed by atoms with Crippen LogP contribution in [0.15, 0.2) is 39.9 Å². The van der Waals surface area contributed by atoms with E-state index >= 15 is 0 Å². The summed E-state index contributed by atoms with van der Waals surface area (Å²) in [7, 11) is 0. The van der Waals surface area contributed by atoms with Gasteiger partial charge < -0.3 is 162 Å². The minimum Gasteiger partial charge on any atom is -0.370 e. The lowest BCUT2D eigenvalue weighted by Gasteiger charge is -2.28. The number of nitrogens with one attached hydrogen (secondary N) is 10. The quantitative estimate of drug-likeness (QED) is 0.0153. The fourth-order valence-corrected chi connectivity index (χ4v) is 9.50. The molecular weight excluding hydrogens is 1410 g/mol. The van der Waals surface area contributed by atoms with E-state index in [0.29, 0.717) is 0 Å². The zero-order chi connectivity index (χ0) is 81.1. The van der Waals surface area contributed by atoms with Gasteiger partial charge in [-0.05, 0) is 116 Å². The molecule has 0 saturated heterocycles. The molecule has 12 amide bonds. The average molecular weight is 1520 g/mol. The highest BCUT2D eigenvalue weighted by Crippen LogP contribution is 2.12. The Morgan fingerprint density at radius 2 is 0.430 bits per heavy atom. The molecular formula is C58H115N37O12. The van der Waals surface area contributed by atoms with Crippen molar-refractivity contribution >= 4 is 119 Å². The van der Waals surface area contributed by atoms with Crippen molar-refractivity contribution in [2.24, 2.45) is 149 Å². The second-order valence-corrected chi connectivity index (χ2v) is 24.1. The van der Waals surface area contributed by atoms with Gasteiger partial charge in [-0.2, -0.15) is 0 Å². The van der Waals surface area contributed by atoms with Gasteiger partial charge in [-0.25, -0.2) is 0 Å². The van der Waals surface area contributed by atoms with Gasteiger partial charge in [0.15, 0.2) is 47.7 Å². The van der Waals surface area contributed by atoms with Crippen LogP contribution >= 0.6 is 0 Å². The molecule has 48 N–H and O–H groups in total. The second kappa shape index (κ2) is 53.5. The van der Waals surface area contributed by atoms with Crippen LogP contribution in [0, 0.1) is 0 Å². The number of amides is 12. The molecule has 0 rings (SSSR count). The molecule has 0 aliphatic rings. The van der Waals surface area contributed by atoms with Crippen LogP contribution in [0.2, 0.25) is 0 Å². The minimum absolute atomic E-state index is 0.00233. The van der Waals surface area contributed by atoms with Crippen molar-refractivity contribution in [3.63, 3.8) is 0 Å². The topological polar surface area (TPSA) is 918 Å². The van der Waals surface area contributed by atoms with Crippen LogP contribution in [-0.2, 0) is 57.5 Å². The third-order valence-corrected chi connectivity index (χ3v) is 14.8. The van der Waals surface area contributed by atoms with Crippen LogP contribution in [0.5, 0.6) is 0 Å². The number of hydrogen-bond donors (Lipinski definition) is 29. The van der Waals surface area contributed by atoms with Gasteiger partial charge in [0.2, 0.25) is 70.9 Å². The normalized spacial score (nSPS) is 13.4. The molecule has 0 bridgehead atoms. The first-order chi connectivity index (χ1) is 50.3. The summed E-state index contributed by atoms with van der Waals surface area (Å²) in [4.78, 5) is 198. The number of primary amides is 2. The summed E-state index contributed by atoms with van der Waals surface area (Å²) in [5.41, 5.74) is 105. The van der Waals surface area contributed by atoms with Crippen LogP contribution in [0.1, 0.15) is 122 Å². The summed E-state index contributed by atoms with van der Waals surface area (Å²) in [6.45, 7) is 0.360. The Morgan fingerprint density at radius 3 is 0.607 bits per heavy atom. The first kappa shape index (κ1) is 94.8. The molecule has 0 aliphatic heterocycles. The zero-order valence-corrected chi connectivity index (χ0v) is 60.3. The Bertz CT molecular complexity index is 3130. The molecule has 0 spiro atoms. The summed E-state index contributed by atoms with van der Waals surface area (Å²) in [6.07, 6.45) is -2.29. The number of guanidine groups is 8. The molecule has 49 heteroatoms. The Labute approximate surface area is 618 Å². The molecule has 0 fully saturated rings. The fourth-order valence-electron chi connectivity index (χ4n) is 9.50. The number of nitrogens with zero attached hydrogens (tertiary/aromatic N) is 8. The van der Waals surface area contributed by atoms with Crippen molar-refractivity contribution in [3.8, 4) is 0 Å². The number of carbonyl (C=O) groups excluding carboxylic acids is 12. The maximum Gasteiger partial charge on any atom is 0.243 e.